The molecule has 4 nitrogen and oxygen atoms in total. The molecule has 5 heteroatoms. The van der Waals surface area contributed by atoms with Crippen molar-refractivity contribution in [2.24, 2.45) is 0 Å². The number of piperidine rings is 1. The number of carboxylic acid groups (broad SMARTS) is 1. The molecule has 0 saturated carbocycles. The van der Waals surface area contributed by atoms with Crippen molar-refractivity contribution in [1.29, 1.82) is 0 Å². The second-order valence-electron chi connectivity index (χ2n) is 4.72. The molecule has 0 aromatic heterocycles. The molecule has 1 fully saturated rings. The van der Waals surface area contributed by atoms with Crippen molar-refractivity contribution in [2.45, 2.75) is 18.9 Å². The van der Waals surface area contributed by atoms with E-state index in [2.05, 4.69) is 33.2 Å². The van der Waals surface area contributed by atoms with Crippen LogP contribution in [0.5, 0.6) is 0 Å². The van der Waals surface area contributed by atoms with Crippen molar-refractivity contribution in [3.63, 3.8) is 0 Å². The van der Waals surface area contributed by atoms with Crippen LogP contribution < -0.4 is 5.32 Å². The van der Waals surface area contributed by atoms with Crippen LogP contribution >= 0.6 is 15.9 Å². The number of nitrogens with zero attached hydrogens (tertiary/aromatic N) is 1. The van der Waals surface area contributed by atoms with Crippen LogP contribution in [0.15, 0.2) is 22.7 Å². The Balaban J connectivity index is 2.02. The predicted octanol–water partition coefficient (Wildman–Crippen LogP) is 2.65. The molecule has 1 aliphatic heterocycles. The summed E-state index contributed by atoms with van der Waals surface area (Å²) in [6.45, 7) is 2.21. The highest BCUT2D eigenvalue weighted by molar-refractivity contribution is 9.10. The van der Waals surface area contributed by atoms with Crippen molar-refractivity contribution in [2.75, 3.05) is 25.5 Å². The summed E-state index contributed by atoms with van der Waals surface area (Å²) in [7, 11) is 2.13. The first-order valence-electron chi connectivity index (χ1n) is 6.04. The highest BCUT2D eigenvalue weighted by atomic mass is 79.9. The molecule has 1 aromatic rings. The quantitative estimate of drug-likeness (QED) is 0.901. The number of hydrogen-bond donors (Lipinski definition) is 2. The number of rotatable bonds is 3. The Morgan fingerprint density at radius 2 is 2.11 bits per heavy atom. The first-order valence-corrected chi connectivity index (χ1v) is 6.83. The van der Waals surface area contributed by atoms with Crippen LogP contribution in [0.1, 0.15) is 23.2 Å². The lowest BCUT2D eigenvalue weighted by atomic mass is 10.1. The number of carboxylic acids is 1. The van der Waals surface area contributed by atoms with Crippen LogP contribution in [0.25, 0.3) is 0 Å². The van der Waals surface area contributed by atoms with Crippen LogP contribution in [0.2, 0.25) is 0 Å². The minimum atomic E-state index is -0.910. The number of likely N-dealkylation sites (tertiary alicyclic amines) is 1. The Morgan fingerprint density at radius 1 is 1.44 bits per heavy atom. The van der Waals surface area contributed by atoms with Crippen molar-refractivity contribution in [3.8, 4) is 0 Å². The van der Waals surface area contributed by atoms with Gasteiger partial charge in [0, 0.05) is 16.2 Å². The topological polar surface area (TPSA) is 52.6 Å². The molecule has 0 atom stereocenters. The fourth-order valence-electron chi connectivity index (χ4n) is 2.17. The van der Waals surface area contributed by atoms with Gasteiger partial charge in [-0.25, -0.2) is 4.79 Å². The Kier molecular flexibility index (Phi) is 4.24. The first-order chi connectivity index (χ1) is 8.56. The lowest BCUT2D eigenvalue weighted by Gasteiger charge is -2.30. The molecule has 18 heavy (non-hydrogen) atoms. The maximum atomic E-state index is 10.9. The average Bonchev–Trinajstić information content (AvgIpc) is 2.32. The molecular weight excluding hydrogens is 296 g/mol. The van der Waals surface area contributed by atoms with Crippen LogP contribution in [0, 0.1) is 0 Å². The van der Waals surface area contributed by atoms with Gasteiger partial charge in [-0.2, -0.15) is 0 Å². The Hall–Kier alpha value is -1.07. The third-order valence-electron chi connectivity index (χ3n) is 3.29. The van der Waals surface area contributed by atoms with Crippen molar-refractivity contribution >= 4 is 27.6 Å². The van der Waals surface area contributed by atoms with Crippen LogP contribution in [0.3, 0.4) is 0 Å². The highest BCUT2D eigenvalue weighted by Crippen LogP contribution is 2.23. The number of anilines is 1. The fourth-order valence-corrected chi connectivity index (χ4v) is 2.72. The van der Waals surface area contributed by atoms with Gasteiger partial charge in [-0.1, -0.05) is 0 Å². The predicted molar refractivity (Wildman–Crippen MR) is 75.2 cm³/mol. The van der Waals surface area contributed by atoms with E-state index in [9.17, 15) is 4.79 Å². The second-order valence-corrected chi connectivity index (χ2v) is 5.58. The molecule has 0 spiro atoms. The van der Waals surface area contributed by atoms with E-state index in [0.29, 0.717) is 16.1 Å². The third kappa shape index (κ3) is 3.23. The zero-order valence-electron chi connectivity index (χ0n) is 10.3. The van der Waals surface area contributed by atoms with E-state index in [1.165, 1.54) is 0 Å². The van der Waals surface area contributed by atoms with E-state index in [4.69, 9.17) is 5.11 Å². The van der Waals surface area contributed by atoms with Gasteiger partial charge in [-0.05, 0) is 67.1 Å². The number of carbonyl (C=O) groups is 1. The molecule has 0 bridgehead atoms. The molecule has 0 amide bonds. The number of halogens is 1. The van der Waals surface area contributed by atoms with Gasteiger partial charge in [0.2, 0.25) is 0 Å². The molecule has 0 unspecified atom stereocenters. The van der Waals surface area contributed by atoms with Gasteiger partial charge in [0.05, 0.1) is 5.56 Å². The Bertz CT molecular complexity index is 443. The summed E-state index contributed by atoms with van der Waals surface area (Å²) in [6, 6.07) is 5.77. The van der Waals surface area contributed by atoms with Gasteiger partial charge in [0.1, 0.15) is 0 Å². The minimum absolute atomic E-state index is 0.295. The lowest BCUT2D eigenvalue weighted by Crippen LogP contribution is -2.36. The summed E-state index contributed by atoms with van der Waals surface area (Å²) in [4.78, 5) is 13.2. The number of benzene rings is 1. The SMILES string of the molecule is CN1CCC(Nc2ccc(C(=O)O)c(Br)c2)CC1. The molecule has 1 aliphatic rings. The summed E-state index contributed by atoms with van der Waals surface area (Å²) in [5, 5.41) is 12.4. The standard InChI is InChI=1S/C13H17BrN2O2/c1-16-6-4-9(5-7-16)15-10-2-3-11(13(17)18)12(14)8-10/h2-3,8-9,15H,4-7H2,1H3,(H,17,18). The van der Waals surface area contributed by atoms with Crippen molar-refractivity contribution in [1.82, 2.24) is 4.90 Å². The highest BCUT2D eigenvalue weighted by Gasteiger charge is 2.17. The lowest BCUT2D eigenvalue weighted by molar-refractivity contribution is 0.0696. The largest absolute Gasteiger partial charge is 0.478 e. The number of hydrogen-bond acceptors (Lipinski definition) is 3. The summed E-state index contributed by atoms with van der Waals surface area (Å²) >= 11 is 3.29. The van der Waals surface area contributed by atoms with Gasteiger partial charge in [0.15, 0.2) is 0 Å². The van der Waals surface area contributed by atoms with Crippen molar-refractivity contribution < 1.29 is 9.90 Å². The molecule has 0 aliphatic carbocycles. The van der Waals surface area contributed by atoms with Gasteiger partial charge in [-0.3, -0.25) is 0 Å². The summed E-state index contributed by atoms with van der Waals surface area (Å²) < 4.78 is 0.618. The van der Waals surface area contributed by atoms with E-state index in [1.54, 1.807) is 6.07 Å². The van der Waals surface area contributed by atoms with E-state index < -0.39 is 5.97 Å². The smallest absolute Gasteiger partial charge is 0.336 e. The van der Waals surface area contributed by atoms with Crippen molar-refractivity contribution in [3.05, 3.63) is 28.2 Å². The van der Waals surface area contributed by atoms with E-state index in [-0.39, 0.29) is 0 Å². The Morgan fingerprint density at radius 3 is 2.67 bits per heavy atom. The zero-order chi connectivity index (χ0) is 13.1. The van der Waals surface area contributed by atoms with E-state index >= 15 is 0 Å². The molecule has 1 aromatic carbocycles. The second kappa shape index (κ2) is 5.71. The fraction of sp³-hybridized carbons (Fsp3) is 0.462. The maximum Gasteiger partial charge on any atom is 0.336 e. The Labute approximate surface area is 115 Å². The van der Waals surface area contributed by atoms with Gasteiger partial charge >= 0.3 is 5.97 Å². The van der Waals surface area contributed by atoms with Gasteiger partial charge in [0.25, 0.3) is 0 Å². The van der Waals surface area contributed by atoms with Gasteiger partial charge in [-0.15, -0.1) is 0 Å². The van der Waals surface area contributed by atoms with Crippen LogP contribution in [-0.2, 0) is 0 Å². The zero-order valence-corrected chi connectivity index (χ0v) is 11.9. The molecule has 1 heterocycles. The molecule has 98 valence electrons. The summed E-state index contributed by atoms with van der Waals surface area (Å²) in [5.41, 5.74) is 1.27. The molecular formula is C13H17BrN2O2. The summed E-state index contributed by atoms with van der Waals surface area (Å²) in [5.74, 6) is -0.910. The monoisotopic (exact) mass is 312 g/mol. The number of nitrogens with one attached hydrogen (secondary N) is 1. The van der Waals surface area contributed by atoms with Gasteiger partial charge < -0.3 is 15.3 Å². The third-order valence-corrected chi connectivity index (χ3v) is 3.94. The van der Waals surface area contributed by atoms with Crippen LogP contribution in [-0.4, -0.2) is 42.2 Å². The minimum Gasteiger partial charge on any atom is -0.478 e. The number of aromatic carboxylic acids is 1. The molecule has 0 radical (unpaired) electrons. The van der Waals surface area contributed by atoms with E-state index in [0.717, 1.165) is 31.6 Å². The van der Waals surface area contributed by atoms with E-state index in [1.807, 2.05) is 12.1 Å². The first kappa shape index (κ1) is 13.4. The average molecular weight is 313 g/mol. The molecule has 2 rings (SSSR count). The van der Waals surface area contributed by atoms with Crippen LogP contribution in [0.4, 0.5) is 5.69 Å². The molecule has 2 N–H and O–H groups in total. The maximum absolute atomic E-state index is 10.9. The molecule has 1 saturated heterocycles. The normalized spacial score (nSPS) is 17.7. The summed E-state index contributed by atoms with van der Waals surface area (Å²) in [6.07, 6.45) is 2.24.